The minimum atomic E-state index is -1.45. The Balaban J connectivity index is 2.92. The fraction of sp³-hybridized carbons (Fsp3) is 0. The zero-order chi connectivity index (χ0) is 11.0. The molecule has 15 heavy (non-hydrogen) atoms. The molecule has 2 aromatic rings. The quantitative estimate of drug-likeness (QED) is 0.702. The maximum absolute atomic E-state index is 13.1. The number of rotatable bonds is 0. The summed E-state index contributed by atoms with van der Waals surface area (Å²) in [6.07, 6.45) is -0.658. The molecular weight excluding hydrogens is 203 g/mol. The molecule has 0 fully saturated rings. The average molecular weight is 208 g/mol. The Bertz CT molecular complexity index is 606. The standard InChI is InChI=1S/C9H5FN2O3/c10-6-3-1-2-5-7(6)11-4-12(8(5)13)9(14)15/h1-4H,(H,14,15). The smallest absolute Gasteiger partial charge is 0.419 e. The summed E-state index contributed by atoms with van der Waals surface area (Å²) in [7, 11) is 0. The number of hydrogen-bond donors (Lipinski definition) is 1. The van der Waals surface area contributed by atoms with Crippen LogP contribution in [0.2, 0.25) is 0 Å². The fourth-order valence-corrected chi connectivity index (χ4v) is 1.25. The Kier molecular flexibility index (Phi) is 1.96. The summed E-state index contributed by atoms with van der Waals surface area (Å²) in [5.41, 5.74) is -0.924. The summed E-state index contributed by atoms with van der Waals surface area (Å²) in [5, 5.41) is 8.57. The molecule has 5 nitrogen and oxygen atoms in total. The largest absolute Gasteiger partial charge is 0.464 e. The summed E-state index contributed by atoms with van der Waals surface area (Å²) in [6.45, 7) is 0. The van der Waals surface area contributed by atoms with Crippen LogP contribution in [0.3, 0.4) is 0 Å². The Hall–Kier alpha value is -2.24. The van der Waals surface area contributed by atoms with Crippen LogP contribution in [0.1, 0.15) is 0 Å². The minimum Gasteiger partial charge on any atom is -0.464 e. The van der Waals surface area contributed by atoms with Gasteiger partial charge in [-0.1, -0.05) is 6.07 Å². The molecule has 0 aliphatic heterocycles. The monoisotopic (exact) mass is 208 g/mol. The Morgan fingerprint density at radius 2 is 2.20 bits per heavy atom. The van der Waals surface area contributed by atoms with Gasteiger partial charge in [0, 0.05) is 0 Å². The molecule has 2 rings (SSSR count). The zero-order valence-electron chi connectivity index (χ0n) is 7.35. The van der Waals surface area contributed by atoms with Gasteiger partial charge in [0.2, 0.25) is 0 Å². The number of carbonyl (C=O) groups is 1. The molecule has 6 heteroatoms. The molecule has 0 amide bonds. The first-order valence-corrected chi connectivity index (χ1v) is 4.00. The predicted octanol–water partition coefficient (Wildman–Crippen LogP) is 1.06. The van der Waals surface area contributed by atoms with Gasteiger partial charge in [-0.2, -0.15) is 0 Å². The highest BCUT2D eigenvalue weighted by Gasteiger charge is 2.10. The molecule has 0 saturated carbocycles. The van der Waals surface area contributed by atoms with E-state index in [0.29, 0.717) is 4.57 Å². The van der Waals surface area contributed by atoms with E-state index in [1.165, 1.54) is 12.1 Å². The second kappa shape index (κ2) is 3.16. The van der Waals surface area contributed by atoms with Crippen LogP contribution in [-0.4, -0.2) is 20.8 Å². The Morgan fingerprint density at radius 3 is 2.87 bits per heavy atom. The Morgan fingerprint density at radius 1 is 1.47 bits per heavy atom. The first-order chi connectivity index (χ1) is 7.11. The molecule has 0 unspecified atom stereocenters. The molecule has 1 heterocycles. The molecule has 76 valence electrons. The summed E-state index contributed by atoms with van der Waals surface area (Å²) < 4.78 is 13.5. The number of nitrogens with zero attached hydrogens (tertiary/aromatic N) is 2. The van der Waals surface area contributed by atoms with Crippen molar-refractivity contribution in [3.63, 3.8) is 0 Å². The lowest BCUT2D eigenvalue weighted by Gasteiger charge is -2.00. The van der Waals surface area contributed by atoms with Crippen LogP contribution >= 0.6 is 0 Å². The van der Waals surface area contributed by atoms with Crippen molar-refractivity contribution in [3.8, 4) is 0 Å². The molecule has 0 aliphatic carbocycles. The van der Waals surface area contributed by atoms with Gasteiger partial charge in [0.25, 0.3) is 5.56 Å². The number of halogens is 1. The number of hydrogen-bond acceptors (Lipinski definition) is 3. The first kappa shape index (κ1) is 9.32. The van der Waals surface area contributed by atoms with Gasteiger partial charge in [0.15, 0.2) is 0 Å². The van der Waals surface area contributed by atoms with Gasteiger partial charge in [0.1, 0.15) is 17.7 Å². The molecule has 0 spiro atoms. The number of aromatic nitrogens is 2. The van der Waals surface area contributed by atoms with E-state index in [-0.39, 0.29) is 10.9 Å². The molecule has 0 atom stereocenters. The summed E-state index contributed by atoms with van der Waals surface area (Å²) in [4.78, 5) is 25.6. The highest BCUT2D eigenvalue weighted by atomic mass is 19.1. The van der Waals surface area contributed by atoms with E-state index in [2.05, 4.69) is 4.98 Å². The van der Waals surface area contributed by atoms with Gasteiger partial charge < -0.3 is 5.11 Å². The van der Waals surface area contributed by atoms with Gasteiger partial charge >= 0.3 is 6.09 Å². The third-order valence-electron chi connectivity index (χ3n) is 1.94. The van der Waals surface area contributed by atoms with Crippen molar-refractivity contribution in [1.29, 1.82) is 0 Å². The molecule has 0 aliphatic rings. The zero-order valence-corrected chi connectivity index (χ0v) is 7.35. The van der Waals surface area contributed by atoms with Crippen LogP contribution < -0.4 is 5.56 Å². The van der Waals surface area contributed by atoms with Crippen molar-refractivity contribution in [2.75, 3.05) is 0 Å². The predicted molar refractivity (Wildman–Crippen MR) is 49.4 cm³/mol. The lowest BCUT2D eigenvalue weighted by atomic mass is 10.2. The lowest BCUT2D eigenvalue weighted by Crippen LogP contribution is -2.26. The van der Waals surface area contributed by atoms with Crippen molar-refractivity contribution >= 4 is 17.0 Å². The third-order valence-corrected chi connectivity index (χ3v) is 1.94. The van der Waals surface area contributed by atoms with Crippen molar-refractivity contribution in [2.24, 2.45) is 0 Å². The molecule has 0 saturated heterocycles. The topological polar surface area (TPSA) is 72.2 Å². The van der Waals surface area contributed by atoms with Crippen LogP contribution in [-0.2, 0) is 0 Å². The second-order valence-corrected chi connectivity index (χ2v) is 2.84. The molecule has 1 aromatic carbocycles. The SMILES string of the molecule is O=C(O)n1cnc2c(F)cccc2c1=O. The van der Waals surface area contributed by atoms with Crippen LogP contribution in [0.5, 0.6) is 0 Å². The highest BCUT2D eigenvalue weighted by molar-refractivity contribution is 5.80. The van der Waals surface area contributed by atoms with E-state index in [1.807, 2.05) is 0 Å². The average Bonchev–Trinajstić information content (AvgIpc) is 2.19. The van der Waals surface area contributed by atoms with Gasteiger partial charge in [-0.25, -0.2) is 18.7 Å². The van der Waals surface area contributed by atoms with Gasteiger partial charge in [0.05, 0.1) is 5.39 Å². The highest BCUT2D eigenvalue weighted by Crippen LogP contribution is 2.10. The lowest BCUT2D eigenvalue weighted by molar-refractivity contribution is 0.195. The van der Waals surface area contributed by atoms with E-state index in [4.69, 9.17) is 5.11 Å². The van der Waals surface area contributed by atoms with Crippen LogP contribution in [0.4, 0.5) is 9.18 Å². The summed E-state index contributed by atoms with van der Waals surface area (Å²) in [5.74, 6) is -0.651. The van der Waals surface area contributed by atoms with Crippen molar-refractivity contribution in [1.82, 2.24) is 9.55 Å². The van der Waals surface area contributed by atoms with Crippen LogP contribution in [0.25, 0.3) is 10.9 Å². The summed E-state index contributed by atoms with van der Waals surface area (Å²) >= 11 is 0. The van der Waals surface area contributed by atoms with E-state index >= 15 is 0 Å². The Labute approximate surface area is 82.4 Å². The molecule has 1 N–H and O–H groups in total. The third kappa shape index (κ3) is 1.35. The fourth-order valence-electron chi connectivity index (χ4n) is 1.25. The van der Waals surface area contributed by atoms with E-state index < -0.39 is 17.5 Å². The van der Waals surface area contributed by atoms with Crippen molar-refractivity contribution < 1.29 is 14.3 Å². The molecule has 0 bridgehead atoms. The number of para-hydroxylation sites is 1. The van der Waals surface area contributed by atoms with E-state index in [0.717, 1.165) is 12.4 Å². The number of carboxylic acid groups (broad SMARTS) is 1. The molecule has 0 radical (unpaired) electrons. The molecular formula is C9H5FN2O3. The maximum Gasteiger partial charge on any atom is 0.419 e. The van der Waals surface area contributed by atoms with Crippen LogP contribution in [0.15, 0.2) is 29.3 Å². The number of benzene rings is 1. The normalized spacial score (nSPS) is 10.5. The minimum absolute atomic E-state index is 0.0556. The van der Waals surface area contributed by atoms with Gasteiger partial charge in [-0.05, 0) is 12.1 Å². The van der Waals surface area contributed by atoms with Crippen LogP contribution in [0, 0.1) is 5.82 Å². The first-order valence-electron chi connectivity index (χ1n) is 4.00. The summed E-state index contributed by atoms with van der Waals surface area (Å²) in [6, 6.07) is 3.81. The van der Waals surface area contributed by atoms with Gasteiger partial charge in [-0.3, -0.25) is 4.79 Å². The van der Waals surface area contributed by atoms with E-state index in [1.54, 1.807) is 0 Å². The van der Waals surface area contributed by atoms with Crippen molar-refractivity contribution in [2.45, 2.75) is 0 Å². The second-order valence-electron chi connectivity index (χ2n) is 2.84. The van der Waals surface area contributed by atoms with E-state index in [9.17, 15) is 14.0 Å². The maximum atomic E-state index is 13.1. The molecule has 1 aromatic heterocycles. The number of fused-ring (bicyclic) bond motifs is 1. The van der Waals surface area contributed by atoms with Gasteiger partial charge in [-0.15, -0.1) is 0 Å². The van der Waals surface area contributed by atoms with Crippen molar-refractivity contribution in [3.05, 3.63) is 40.7 Å².